The van der Waals surface area contributed by atoms with Gasteiger partial charge in [-0.25, -0.2) is 9.67 Å². The highest BCUT2D eigenvalue weighted by molar-refractivity contribution is 6.31. The summed E-state index contributed by atoms with van der Waals surface area (Å²) < 4.78 is 1.56. The van der Waals surface area contributed by atoms with Gasteiger partial charge in [0.15, 0.2) is 5.82 Å². The maximum absolute atomic E-state index is 5.88. The second-order valence-corrected chi connectivity index (χ2v) is 3.56. The molecular formula is C9H10ClN5. The average molecular weight is 224 g/mol. The number of halogens is 1. The highest BCUT2D eigenvalue weighted by atomic mass is 35.5. The van der Waals surface area contributed by atoms with Crippen molar-refractivity contribution in [2.45, 2.75) is 6.92 Å². The van der Waals surface area contributed by atoms with E-state index in [4.69, 9.17) is 23.1 Å². The Bertz CT molecular complexity index is 486. The van der Waals surface area contributed by atoms with Crippen LogP contribution >= 0.6 is 11.6 Å². The van der Waals surface area contributed by atoms with Crippen LogP contribution in [0.2, 0.25) is 5.02 Å². The van der Waals surface area contributed by atoms with Gasteiger partial charge in [0.1, 0.15) is 5.82 Å². The molecule has 6 heteroatoms. The predicted octanol–water partition coefficient (Wildman–Crippen LogP) is 1.39. The highest BCUT2D eigenvalue weighted by Crippen LogP contribution is 2.18. The van der Waals surface area contributed by atoms with Crippen LogP contribution in [0.3, 0.4) is 0 Å². The molecule has 0 fully saturated rings. The van der Waals surface area contributed by atoms with Gasteiger partial charge in [0, 0.05) is 0 Å². The first-order valence-corrected chi connectivity index (χ1v) is 4.70. The van der Waals surface area contributed by atoms with E-state index in [1.807, 2.05) is 6.92 Å². The molecule has 0 aliphatic heterocycles. The minimum atomic E-state index is 0.289. The van der Waals surface area contributed by atoms with E-state index < -0.39 is 0 Å². The van der Waals surface area contributed by atoms with Crippen molar-refractivity contribution in [3.63, 3.8) is 0 Å². The molecule has 0 aliphatic rings. The Hall–Kier alpha value is -1.75. The summed E-state index contributed by atoms with van der Waals surface area (Å²) in [5.74, 6) is 0.883. The molecule has 0 saturated carbocycles. The largest absolute Gasteiger partial charge is 0.396 e. The van der Waals surface area contributed by atoms with Crippen LogP contribution in [0.5, 0.6) is 0 Å². The zero-order valence-electron chi connectivity index (χ0n) is 8.11. The minimum Gasteiger partial charge on any atom is -0.396 e. The summed E-state index contributed by atoms with van der Waals surface area (Å²) in [6.45, 7) is 1.82. The number of aromatic nitrogens is 3. The van der Waals surface area contributed by atoms with Gasteiger partial charge in [-0.3, -0.25) is 0 Å². The lowest BCUT2D eigenvalue weighted by atomic mass is 10.4. The second-order valence-electron chi connectivity index (χ2n) is 3.15. The van der Waals surface area contributed by atoms with Crippen LogP contribution in [-0.4, -0.2) is 14.8 Å². The smallest absolute Gasteiger partial charge is 0.155 e. The summed E-state index contributed by atoms with van der Waals surface area (Å²) >= 11 is 5.88. The lowest BCUT2D eigenvalue weighted by Gasteiger charge is -2.03. The number of hydrogen-bond acceptors (Lipinski definition) is 4. The van der Waals surface area contributed by atoms with Crippen LogP contribution < -0.4 is 11.5 Å². The number of nitrogen functional groups attached to an aromatic ring is 2. The molecule has 78 valence electrons. The Balaban J connectivity index is 2.49. The van der Waals surface area contributed by atoms with E-state index in [1.54, 1.807) is 23.0 Å². The van der Waals surface area contributed by atoms with Crippen molar-refractivity contribution in [3.8, 4) is 5.82 Å². The van der Waals surface area contributed by atoms with Crippen LogP contribution in [0.25, 0.3) is 5.82 Å². The normalized spacial score (nSPS) is 10.5. The quantitative estimate of drug-likeness (QED) is 0.766. The lowest BCUT2D eigenvalue weighted by molar-refractivity contribution is 0.834. The van der Waals surface area contributed by atoms with Crippen molar-refractivity contribution >= 4 is 23.1 Å². The van der Waals surface area contributed by atoms with Gasteiger partial charge in [-0.15, -0.1) is 0 Å². The first-order chi connectivity index (χ1) is 7.08. The first-order valence-electron chi connectivity index (χ1n) is 4.32. The van der Waals surface area contributed by atoms with Crippen LogP contribution in [0.1, 0.15) is 5.69 Å². The third kappa shape index (κ3) is 1.73. The molecule has 2 aromatic rings. The zero-order chi connectivity index (χ0) is 11.0. The van der Waals surface area contributed by atoms with Gasteiger partial charge in [0.2, 0.25) is 0 Å². The van der Waals surface area contributed by atoms with Crippen molar-refractivity contribution in [2.75, 3.05) is 11.5 Å². The molecule has 0 saturated heterocycles. The molecule has 0 spiro atoms. The van der Waals surface area contributed by atoms with Gasteiger partial charge >= 0.3 is 0 Å². The number of nitrogens with zero attached hydrogens (tertiary/aromatic N) is 3. The van der Waals surface area contributed by atoms with Gasteiger partial charge in [-0.1, -0.05) is 11.6 Å². The van der Waals surface area contributed by atoms with Crippen LogP contribution in [0.15, 0.2) is 18.3 Å². The third-order valence-electron chi connectivity index (χ3n) is 2.02. The maximum Gasteiger partial charge on any atom is 0.155 e. The average Bonchev–Trinajstić information content (AvgIpc) is 2.52. The molecule has 5 nitrogen and oxygen atoms in total. The number of aryl methyl sites for hydroxylation is 1. The molecule has 0 amide bonds. The fraction of sp³-hybridized carbons (Fsp3) is 0.111. The molecular weight excluding hydrogens is 214 g/mol. The van der Waals surface area contributed by atoms with Crippen LogP contribution in [0.4, 0.5) is 11.5 Å². The summed E-state index contributed by atoms with van der Waals surface area (Å²) in [5, 5.41) is 4.77. The molecule has 0 bridgehead atoms. The molecule has 2 aromatic heterocycles. The summed E-state index contributed by atoms with van der Waals surface area (Å²) in [7, 11) is 0. The van der Waals surface area contributed by atoms with Gasteiger partial charge in [-0.05, 0) is 19.1 Å². The molecule has 2 heterocycles. The van der Waals surface area contributed by atoms with Crippen molar-refractivity contribution < 1.29 is 0 Å². The molecule has 2 rings (SSSR count). The summed E-state index contributed by atoms with van der Waals surface area (Å²) in [6.07, 6.45) is 1.68. The van der Waals surface area contributed by atoms with E-state index in [2.05, 4.69) is 10.1 Å². The van der Waals surface area contributed by atoms with E-state index >= 15 is 0 Å². The van der Waals surface area contributed by atoms with Crippen LogP contribution in [-0.2, 0) is 0 Å². The SMILES string of the molecule is Cc1nn(-c2ccc(N)c(N)n2)cc1Cl. The van der Waals surface area contributed by atoms with Gasteiger partial charge in [0.25, 0.3) is 0 Å². The first kappa shape index (κ1) is 9.79. The number of anilines is 2. The topological polar surface area (TPSA) is 82.8 Å². The standard InChI is InChI=1S/C9H10ClN5/c1-5-6(10)4-15(14-5)8-3-2-7(11)9(12)13-8/h2-4H,11H2,1H3,(H2,12,13). The van der Waals surface area contributed by atoms with Gasteiger partial charge in [0.05, 0.1) is 22.6 Å². The van der Waals surface area contributed by atoms with Crippen molar-refractivity contribution in [1.82, 2.24) is 14.8 Å². The Morgan fingerprint density at radius 3 is 2.60 bits per heavy atom. The van der Waals surface area contributed by atoms with Gasteiger partial charge < -0.3 is 11.5 Å². The maximum atomic E-state index is 5.88. The lowest BCUT2D eigenvalue weighted by Crippen LogP contribution is -2.03. The molecule has 0 unspecified atom stereocenters. The second kappa shape index (κ2) is 3.43. The molecule has 15 heavy (non-hydrogen) atoms. The summed E-state index contributed by atoms with van der Waals surface area (Å²) in [4.78, 5) is 4.09. The summed E-state index contributed by atoms with van der Waals surface area (Å²) in [5.41, 5.74) is 12.3. The fourth-order valence-corrected chi connectivity index (χ4v) is 1.29. The predicted molar refractivity (Wildman–Crippen MR) is 59.9 cm³/mol. The molecule has 0 atom stereocenters. The monoisotopic (exact) mass is 223 g/mol. The number of hydrogen-bond donors (Lipinski definition) is 2. The zero-order valence-corrected chi connectivity index (χ0v) is 8.86. The number of nitrogens with two attached hydrogens (primary N) is 2. The van der Waals surface area contributed by atoms with Crippen molar-refractivity contribution in [1.29, 1.82) is 0 Å². The molecule has 0 aromatic carbocycles. The minimum absolute atomic E-state index is 0.289. The Morgan fingerprint density at radius 2 is 2.07 bits per heavy atom. The molecule has 0 radical (unpaired) electrons. The van der Waals surface area contributed by atoms with Crippen molar-refractivity contribution in [2.24, 2.45) is 0 Å². The summed E-state index contributed by atoms with van der Waals surface area (Å²) in [6, 6.07) is 3.41. The Morgan fingerprint density at radius 1 is 1.33 bits per heavy atom. The van der Waals surface area contributed by atoms with Gasteiger partial charge in [-0.2, -0.15) is 5.10 Å². The Kier molecular flexibility index (Phi) is 2.24. The number of pyridine rings is 1. The van der Waals surface area contributed by atoms with E-state index in [0.29, 0.717) is 16.5 Å². The van der Waals surface area contributed by atoms with E-state index in [1.165, 1.54) is 0 Å². The van der Waals surface area contributed by atoms with E-state index in [9.17, 15) is 0 Å². The fourth-order valence-electron chi connectivity index (χ4n) is 1.16. The van der Waals surface area contributed by atoms with Crippen molar-refractivity contribution in [3.05, 3.63) is 29.0 Å². The molecule has 4 N–H and O–H groups in total. The van der Waals surface area contributed by atoms with Crippen LogP contribution in [0, 0.1) is 6.92 Å². The van der Waals surface area contributed by atoms with E-state index in [0.717, 1.165) is 5.69 Å². The van der Waals surface area contributed by atoms with E-state index in [-0.39, 0.29) is 5.82 Å². The Labute approximate surface area is 91.7 Å². The highest BCUT2D eigenvalue weighted by Gasteiger charge is 2.06. The molecule has 0 aliphatic carbocycles. The number of rotatable bonds is 1. The third-order valence-corrected chi connectivity index (χ3v) is 2.39.